The number of amides is 1. The Morgan fingerprint density at radius 3 is 2.94 bits per heavy atom. The largest absolute Gasteiger partial charge is 0.354 e. The zero-order valence-corrected chi connectivity index (χ0v) is 11.1. The van der Waals surface area contributed by atoms with Gasteiger partial charge in [0.1, 0.15) is 5.82 Å². The number of nitrogens with one attached hydrogen (secondary N) is 3. The monoisotopic (exact) mass is 280 g/mol. The second-order valence-corrected chi connectivity index (χ2v) is 3.73. The molecule has 3 N–H and O–H groups in total. The van der Waals surface area contributed by atoms with E-state index in [2.05, 4.69) is 20.6 Å². The number of imidazole rings is 1. The Bertz CT molecular complexity index is 312. The molecule has 1 amide bonds. The van der Waals surface area contributed by atoms with Crippen molar-refractivity contribution in [1.82, 2.24) is 20.6 Å². The molecule has 2 heterocycles. The van der Waals surface area contributed by atoms with Crippen LogP contribution in [0.2, 0.25) is 0 Å². The third-order valence-electron chi connectivity index (χ3n) is 2.59. The quantitative estimate of drug-likeness (QED) is 0.759. The van der Waals surface area contributed by atoms with Crippen molar-refractivity contribution >= 4 is 30.7 Å². The Morgan fingerprint density at radius 1 is 1.53 bits per heavy atom. The molecule has 0 aromatic carbocycles. The molecule has 1 atom stereocenters. The lowest BCUT2D eigenvalue weighted by Gasteiger charge is -2.10. The van der Waals surface area contributed by atoms with Gasteiger partial charge in [-0.25, -0.2) is 4.98 Å². The summed E-state index contributed by atoms with van der Waals surface area (Å²) < 4.78 is 0. The molecule has 0 aliphatic carbocycles. The van der Waals surface area contributed by atoms with Crippen LogP contribution in [-0.4, -0.2) is 35.0 Å². The number of rotatable bonds is 4. The number of carbonyl (C=O) groups is 1. The molecule has 2 rings (SSSR count). The van der Waals surface area contributed by atoms with Gasteiger partial charge < -0.3 is 15.6 Å². The van der Waals surface area contributed by atoms with Gasteiger partial charge in [0.05, 0.1) is 6.04 Å². The van der Waals surface area contributed by atoms with Crippen molar-refractivity contribution in [3.63, 3.8) is 0 Å². The van der Waals surface area contributed by atoms with Gasteiger partial charge in [-0.2, -0.15) is 0 Å². The summed E-state index contributed by atoms with van der Waals surface area (Å²) >= 11 is 0. The van der Waals surface area contributed by atoms with E-state index in [0.29, 0.717) is 6.54 Å². The van der Waals surface area contributed by atoms with Crippen molar-refractivity contribution in [2.45, 2.75) is 25.3 Å². The average Bonchev–Trinajstić information content (AvgIpc) is 2.90. The summed E-state index contributed by atoms with van der Waals surface area (Å²) in [6.45, 7) is 1.60. The van der Waals surface area contributed by atoms with E-state index in [1.807, 2.05) is 0 Å². The number of hydrogen-bond donors (Lipinski definition) is 3. The van der Waals surface area contributed by atoms with E-state index in [4.69, 9.17) is 0 Å². The SMILES string of the molecule is Cl.Cl.O=C(NCCc1ncc[nH]1)C1CCCN1. The smallest absolute Gasteiger partial charge is 0.237 e. The fourth-order valence-corrected chi connectivity index (χ4v) is 1.77. The summed E-state index contributed by atoms with van der Waals surface area (Å²) in [7, 11) is 0. The van der Waals surface area contributed by atoms with E-state index < -0.39 is 0 Å². The van der Waals surface area contributed by atoms with Crippen LogP contribution in [0.4, 0.5) is 0 Å². The van der Waals surface area contributed by atoms with Crippen molar-refractivity contribution in [2.24, 2.45) is 0 Å². The van der Waals surface area contributed by atoms with Crippen molar-refractivity contribution in [3.8, 4) is 0 Å². The number of nitrogens with zero attached hydrogens (tertiary/aromatic N) is 1. The van der Waals surface area contributed by atoms with Gasteiger partial charge >= 0.3 is 0 Å². The first-order valence-electron chi connectivity index (χ1n) is 5.35. The molecular weight excluding hydrogens is 263 g/mol. The average molecular weight is 281 g/mol. The molecule has 1 aromatic heterocycles. The molecule has 0 spiro atoms. The van der Waals surface area contributed by atoms with Crippen molar-refractivity contribution < 1.29 is 4.79 Å². The first kappa shape index (κ1) is 16.2. The topological polar surface area (TPSA) is 69.8 Å². The highest BCUT2D eigenvalue weighted by molar-refractivity contribution is 5.85. The molecule has 0 bridgehead atoms. The van der Waals surface area contributed by atoms with Crippen molar-refractivity contribution in [1.29, 1.82) is 0 Å². The van der Waals surface area contributed by atoms with Crippen LogP contribution in [0, 0.1) is 0 Å². The summed E-state index contributed by atoms with van der Waals surface area (Å²) in [4.78, 5) is 18.7. The predicted molar refractivity (Wildman–Crippen MR) is 70.8 cm³/mol. The minimum Gasteiger partial charge on any atom is -0.354 e. The van der Waals surface area contributed by atoms with Crippen LogP contribution in [0.25, 0.3) is 0 Å². The van der Waals surface area contributed by atoms with Crippen LogP contribution in [0.1, 0.15) is 18.7 Å². The van der Waals surface area contributed by atoms with Crippen LogP contribution in [0.5, 0.6) is 0 Å². The summed E-state index contributed by atoms with van der Waals surface area (Å²) in [5.41, 5.74) is 0. The second kappa shape index (κ2) is 8.33. The molecule has 1 aliphatic rings. The summed E-state index contributed by atoms with van der Waals surface area (Å²) in [5, 5.41) is 6.07. The fraction of sp³-hybridized carbons (Fsp3) is 0.600. The summed E-state index contributed by atoms with van der Waals surface area (Å²) in [6, 6.07) is 0.0154. The Hall–Kier alpha value is -0.780. The standard InChI is InChI=1S/C10H16N4O.2ClH/c15-10(8-2-1-4-11-8)14-5-3-9-12-6-7-13-9;;/h6-8,11H,1-5H2,(H,12,13)(H,14,15);2*1H. The molecule has 1 saturated heterocycles. The normalized spacial score (nSPS) is 18.0. The molecule has 0 radical (unpaired) electrons. The van der Waals surface area contributed by atoms with Gasteiger partial charge in [-0.1, -0.05) is 0 Å². The molecule has 1 aliphatic heterocycles. The van der Waals surface area contributed by atoms with Crippen LogP contribution < -0.4 is 10.6 Å². The van der Waals surface area contributed by atoms with Gasteiger partial charge in [-0.3, -0.25) is 4.79 Å². The predicted octanol–water partition coefficient (Wildman–Crippen LogP) is 0.664. The minimum atomic E-state index is 0. The Kier molecular flexibility index (Phi) is 7.95. The zero-order chi connectivity index (χ0) is 10.5. The van der Waals surface area contributed by atoms with Gasteiger partial charge in [0.2, 0.25) is 5.91 Å². The molecule has 5 nitrogen and oxygen atoms in total. The minimum absolute atomic E-state index is 0. The van der Waals surface area contributed by atoms with E-state index in [-0.39, 0.29) is 36.8 Å². The zero-order valence-electron chi connectivity index (χ0n) is 9.44. The molecule has 17 heavy (non-hydrogen) atoms. The van der Waals surface area contributed by atoms with Crippen LogP contribution in [0.3, 0.4) is 0 Å². The van der Waals surface area contributed by atoms with E-state index in [1.165, 1.54) is 0 Å². The Balaban J connectivity index is 0.00000128. The number of aromatic amines is 1. The van der Waals surface area contributed by atoms with Gasteiger partial charge in [0.25, 0.3) is 0 Å². The summed E-state index contributed by atoms with van der Waals surface area (Å²) in [6.07, 6.45) is 6.31. The molecule has 7 heteroatoms. The van der Waals surface area contributed by atoms with Crippen LogP contribution in [0.15, 0.2) is 12.4 Å². The van der Waals surface area contributed by atoms with Gasteiger partial charge in [-0.15, -0.1) is 24.8 Å². The third-order valence-corrected chi connectivity index (χ3v) is 2.59. The lowest BCUT2D eigenvalue weighted by atomic mass is 10.2. The maximum atomic E-state index is 11.6. The third kappa shape index (κ3) is 4.93. The van der Waals surface area contributed by atoms with Gasteiger partial charge in [0.15, 0.2) is 0 Å². The maximum Gasteiger partial charge on any atom is 0.237 e. The number of carbonyl (C=O) groups excluding carboxylic acids is 1. The van der Waals surface area contributed by atoms with Gasteiger partial charge in [0, 0.05) is 25.4 Å². The van der Waals surface area contributed by atoms with Crippen molar-refractivity contribution in [3.05, 3.63) is 18.2 Å². The Morgan fingerprint density at radius 2 is 2.35 bits per heavy atom. The van der Waals surface area contributed by atoms with Crippen LogP contribution in [-0.2, 0) is 11.2 Å². The Labute approximate surface area is 113 Å². The first-order chi connectivity index (χ1) is 7.36. The summed E-state index contributed by atoms with van der Waals surface area (Å²) in [5.74, 6) is 1.02. The molecule has 0 saturated carbocycles. The molecule has 1 fully saturated rings. The molecular formula is C10H18Cl2N4O. The lowest BCUT2D eigenvalue weighted by molar-refractivity contribution is -0.122. The van der Waals surface area contributed by atoms with E-state index >= 15 is 0 Å². The van der Waals surface area contributed by atoms with Crippen LogP contribution >= 0.6 is 24.8 Å². The molecule has 98 valence electrons. The maximum absolute atomic E-state index is 11.6. The molecule has 1 aromatic rings. The van der Waals surface area contributed by atoms with E-state index in [9.17, 15) is 4.79 Å². The number of H-pyrrole nitrogens is 1. The highest BCUT2D eigenvalue weighted by Crippen LogP contribution is 2.04. The number of hydrogen-bond acceptors (Lipinski definition) is 3. The lowest BCUT2D eigenvalue weighted by Crippen LogP contribution is -2.41. The van der Waals surface area contributed by atoms with Gasteiger partial charge in [-0.05, 0) is 19.4 Å². The fourth-order valence-electron chi connectivity index (χ4n) is 1.77. The molecule has 1 unspecified atom stereocenters. The highest BCUT2D eigenvalue weighted by Gasteiger charge is 2.21. The number of halogens is 2. The van der Waals surface area contributed by atoms with E-state index in [1.54, 1.807) is 12.4 Å². The number of aromatic nitrogens is 2. The highest BCUT2D eigenvalue weighted by atomic mass is 35.5. The van der Waals surface area contributed by atoms with E-state index in [0.717, 1.165) is 31.6 Å². The second-order valence-electron chi connectivity index (χ2n) is 3.73. The van der Waals surface area contributed by atoms with Crippen molar-refractivity contribution in [2.75, 3.05) is 13.1 Å². The first-order valence-corrected chi connectivity index (χ1v) is 5.35.